The molecular weight excluding hydrogens is 178 g/mol. The van der Waals surface area contributed by atoms with Crippen LogP contribution in [0.2, 0.25) is 0 Å². The van der Waals surface area contributed by atoms with Gasteiger partial charge in [-0.15, -0.1) is 0 Å². The van der Waals surface area contributed by atoms with Gasteiger partial charge in [0, 0.05) is 24.5 Å². The van der Waals surface area contributed by atoms with Gasteiger partial charge in [0.1, 0.15) is 5.78 Å². The van der Waals surface area contributed by atoms with Crippen molar-refractivity contribution in [2.45, 2.75) is 33.7 Å². The molecule has 0 aromatic heterocycles. The lowest BCUT2D eigenvalue weighted by atomic mass is 9.81. The van der Waals surface area contributed by atoms with Gasteiger partial charge in [-0.1, -0.05) is 13.8 Å². The Morgan fingerprint density at radius 2 is 1.86 bits per heavy atom. The minimum atomic E-state index is -0.253. The van der Waals surface area contributed by atoms with E-state index in [1.807, 2.05) is 13.8 Å². The molecule has 1 rings (SSSR count). The number of nitrogens with zero attached hydrogens (tertiary/aromatic N) is 1. The van der Waals surface area contributed by atoms with E-state index < -0.39 is 0 Å². The average molecular weight is 199 g/mol. The predicted octanol–water partition coefficient (Wildman–Crippen LogP) is 1.32. The fourth-order valence-electron chi connectivity index (χ4n) is 1.72. The van der Waals surface area contributed by atoms with E-state index >= 15 is 0 Å². The number of carbonyl (C=O) groups is 1. The van der Waals surface area contributed by atoms with Crippen LogP contribution in [0.5, 0.6) is 0 Å². The van der Waals surface area contributed by atoms with Gasteiger partial charge < -0.3 is 4.74 Å². The highest BCUT2D eigenvalue weighted by atomic mass is 16.5. The van der Waals surface area contributed by atoms with Crippen molar-refractivity contribution in [2.24, 2.45) is 5.41 Å². The molecule has 0 aliphatic carbocycles. The van der Waals surface area contributed by atoms with Gasteiger partial charge in [0.05, 0.1) is 13.2 Å². The maximum atomic E-state index is 11.5. The lowest BCUT2D eigenvalue weighted by molar-refractivity contribution is -0.129. The van der Waals surface area contributed by atoms with Crippen molar-refractivity contribution in [3.63, 3.8) is 0 Å². The molecule has 14 heavy (non-hydrogen) atoms. The summed E-state index contributed by atoms with van der Waals surface area (Å²) in [6.45, 7) is 11.3. The van der Waals surface area contributed by atoms with Crippen molar-refractivity contribution < 1.29 is 9.53 Å². The molecule has 1 fully saturated rings. The summed E-state index contributed by atoms with van der Waals surface area (Å²) in [5.41, 5.74) is -0.253. The second-order valence-electron chi connectivity index (χ2n) is 4.60. The SMILES string of the molecule is CC(=O)C(C)(C)C(C)N1CCOCC1. The summed E-state index contributed by atoms with van der Waals surface area (Å²) in [5, 5.41) is 0. The van der Waals surface area contributed by atoms with Gasteiger partial charge in [0.25, 0.3) is 0 Å². The first kappa shape index (κ1) is 11.7. The lowest BCUT2D eigenvalue weighted by Crippen LogP contribution is -2.50. The molecule has 1 atom stereocenters. The third-order valence-electron chi connectivity index (χ3n) is 3.55. The summed E-state index contributed by atoms with van der Waals surface area (Å²) >= 11 is 0. The molecule has 1 aliphatic heterocycles. The van der Waals surface area contributed by atoms with E-state index in [9.17, 15) is 4.79 Å². The summed E-state index contributed by atoms with van der Waals surface area (Å²) in [6.07, 6.45) is 0. The number of hydrogen-bond donors (Lipinski definition) is 0. The van der Waals surface area contributed by atoms with E-state index in [2.05, 4.69) is 11.8 Å². The fourth-order valence-corrected chi connectivity index (χ4v) is 1.72. The maximum Gasteiger partial charge on any atom is 0.136 e. The van der Waals surface area contributed by atoms with Crippen molar-refractivity contribution in [3.8, 4) is 0 Å². The Bertz CT molecular complexity index is 207. The number of morpholine rings is 1. The first-order chi connectivity index (χ1) is 6.46. The van der Waals surface area contributed by atoms with E-state index in [1.165, 1.54) is 0 Å². The van der Waals surface area contributed by atoms with Crippen LogP contribution in [-0.2, 0) is 9.53 Å². The quantitative estimate of drug-likeness (QED) is 0.686. The maximum absolute atomic E-state index is 11.5. The zero-order valence-electron chi connectivity index (χ0n) is 9.67. The second kappa shape index (κ2) is 4.41. The molecule has 0 aromatic carbocycles. The van der Waals surface area contributed by atoms with Crippen LogP contribution < -0.4 is 0 Å². The molecule has 1 unspecified atom stereocenters. The minimum absolute atomic E-state index is 0.253. The highest BCUT2D eigenvalue weighted by Crippen LogP contribution is 2.26. The van der Waals surface area contributed by atoms with Gasteiger partial charge in [-0.05, 0) is 13.8 Å². The smallest absolute Gasteiger partial charge is 0.136 e. The number of rotatable bonds is 3. The van der Waals surface area contributed by atoms with Crippen LogP contribution in [-0.4, -0.2) is 43.0 Å². The molecule has 1 aliphatic rings. The molecule has 3 nitrogen and oxygen atoms in total. The van der Waals surface area contributed by atoms with Gasteiger partial charge in [-0.3, -0.25) is 9.69 Å². The molecule has 0 saturated carbocycles. The predicted molar refractivity (Wildman–Crippen MR) is 56.3 cm³/mol. The first-order valence-corrected chi connectivity index (χ1v) is 5.29. The van der Waals surface area contributed by atoms with E-state index in [0.717, 1.165) is 26.3 Å². The Labute approximate surface area is 86.4 Å². The topological polar surface area (TPSA) is 29.5 Å². The fraction of sp³-hybridized carbons (Fsp3) is 0.909. The van der Waals surface area contributed by atoms with Crippen LogP contribution in [0.4, 0.5) is 0 Å². The molecular formula is C11H21NO2. The van der Waals surface area contributed by atoms with Crippen molar-refractivity contribution >= 4 is 5.78 Å². The van der Waals surface area contributed by atoms with Gasteiger partial charge in [0.15, 0.2) is 0 Å². The van der Waals surface area contributed by atoms with Gasteiger partial charge in [-0.25, -0.2) is 0 Å². The monoisotopic (exact) mass is 199 g/mol. The molecule has 0 N–H and O–H groups in total. The van der Waals surface area contributed by atoms with Crippen molar-refractivity contribution in [1.29, 1.82) is 0 Å². The van der Waals surface area contributed by atoms with Gasteiger partial charge in [-0.2, -0.15) is 0 Å². The number of ether oxygens (including phenoxy) is 1. The highest BCUT2D eigenvalue weighted by molar-refractivity contribution is 5.82. The summed E-state index contributed by atoms with van der Waals surface area (Å²) in [5.74, 6) is 0.261. The molecule has 0 radical (unpaired) electrons. The Morgan fingerprint density at radius 3 is 2.29 bits per heavy atom. The standard InChI is InChI=1S/C11H21NO2/c1-9(11(3,4)10(2)13)12-5-7-14-8-6-12/h9H,5-8H2,1-4H3. The van der Waals surface area contributed by atoms with E-state index in [-0.39, 0.29) is 11.2 Å². The van der Waals surface area contributed by atoms with Crippen molar-refractivity contribution in [2.75, 3.05) is 26.3 Å². The van der Waals surface area contributed by atoms with Gasteiger partial charge in [0.2, 0.25) is 0 Å². The molecule has 0 spiro atoms. The Kier molecular flexibility index (Phi) is 3.67. The van der Waals surface area contributed by atoms with Crippen LogP contribution in [0.3, 0.4) is 0 Å². The zero-order valence-corrected chi connectivity index (χ0v) is 9.67. The molecule has 1 heterocycles. The number of carbonyl (C=O) groups excluding carboxylic acids is 1. The molecule has 82 valence electrons. The van der Waals surface area contributed by atoms with E-state index in [1.54, 1.807) is 6.92 Å². The minimum Gasteiger partial charge on any atom is -0.379 e. The van der Waals surface area contributed by atoms with Crippen LogP contribution >= 0.6 is 0 Å². The highest BCUT2D eigenvalue weighted by Gasteiger charge is 2.35. The third-order valence-corrected chi connectivity index (χ3v) is 3.55. The third kappa shape index (κ3) is 2.34. The van der Waals surface area contributed by atoms with Crippen molar-refractivity contribution in [3.05, 3.63) is 0 Å². The first-order valence-electron chi connectivity index (χ1n) is 5.29. The summed E-state index contributed by atoms with van der Waals surface area (Å²) < 4.78 is 5.30. The van der Waals surface area contributed by atoms with E-state index in [0.29, 0.717) is 6.04 Å². The largest absolute Gasteiger partial charge is 0.379 e. The molecule has 3 heteroatoms. The average Bonchev–Trinajstić information content (AvgIpc) is 2.17. The lowest BCUT2D eigenvalue weighted by Gasteiger charge is -2.40. The number of hydrogen-bond acceptors (Lipinski definition) is 3. The summed E-state index contributed by atoms with van der Waals surface area (Å²) in [7, 11) is 0. The normalized spacial score (nSPS) is 22.0. The number of Topliss-reactive ketones (excluding diaryl/α,β-unsaturated/α-hetero) is 1. The van der Waals surface area contributed by atoms with Gasteiger partial charge >= 0.3 is 0 Å². The van der Waals surface area contributed by atoms with Crippen LogP contribution in [0.1, 0.15) is 27.7 Å². The molecule has 0 aromatic rings. The zero-order chi connectivity index (χ0) is 10.8. The number of ketones is 1. The summed E-state index contributed by atoms with van der Waals surface area (Å²) in [4.78, 5) is 13.8. The summed E-state index contributed by atoms with van der Waals surface area (Å²) in [6, 6.07) is 0.295. The van der Waals surface area contributed by atoms with Crippen LogP contribution in [0.15, 0.2) is 0 Å². The Balaban J connectivity index is 2.62. The molecule has 0 bridgehead atoms. The van der Waals surface area contributed by atoms with E-state index in [4.69, 9.17) is 4.74 Å². The van der Waals surface area contributed by atoms with Crippen LogP contribution in [0, 0.1) is 5.41 Å². The Hall–Kier alpha value is -0.410. The molecule has 1 saturated heterocycles. The van der Waals surface area contributed by atoms with Crippen molar-refractivity contribution in [1.82, 2.24) is 4.90 Å². The Morgan fingerprint density at radius 1 is 1.36 bits per heavy atom. The molecule has 0 amide bonds. The van der Waals surface area contributed by atoms with Crippen LogP contribution in [0.25, 0.3) is 0 Å². The second-order valence-corrected chi connectivity index (χ2v) is 4.60.